The molecular weight excluding hydrogens is 604 g/mol. The fourth-order valence-electron chi connectivity index (χ4n) is 6.24. The highest BCUT2D eigenvalue weighted by atomic mass is 35.5. The van der Waals surface area contributed by atoms with E-state index in [1.807, 2.05) is 36.5 Å². The molecule has 1 saturated carbocycles. The first kappa shape index (κ1) is 33.1. The SMILES string of the molecule is Cl.NC[C@H]1CC[C@H](C(=O)N(C(=O)[C@@H](N)Cc2ccc(-c3ccnc(N4CCNCC4)c3)cc2)c2ccc(-c3nn[nH]n3)cc2)CC1. The van der Waals surface area contributed by atoms with Crippen LogP contribution >= 0.6 is 12.4 Å². The highest BCUT2D eigenvalue weighted by Gasteiger charge is 2.35. The minimum absolute atomic E-state index is 0. The molecule has 1 aliphatic heterocycles. The third kappa shape index (κ3) is 7.59. The zero-order chi connectivity index (χ0) is 31.2. The van der Waals surface area contributed by atoms with Crippen LogP contribution in [0.4, 0.5) is 11.5 Å². The van der Waals surface area contributed by atoms with Crippen molar-refractivity contribution in [2.75, 3.05) is 42.5 Å². The second-order valence-electron chi connectivity index (χ2n) is 11.9. The van der Waals surface area contributed by atoms with E-state index in [9.17, 15) is 9.59 Å². The molecule has 0 radical (unpaired) electrons. The van der Waals surface area contributed by atoms with Crippen molar-refractivity contribution in [2.24, 2.45) is 23.3 Å². The maximum Gasteiger partial charge on any atom is 0.251 e. The molecule has 6 N–H and O–H groups in total. The number of piperazine rings is 1. The lowest BCUT2D eigenvalue weighted by atomic mass is 9.81. The molecule has 1 saturated heterocycles. The quantitative estimate of drug-likeness (QED) is 0.212. The first-order valence-corrected chi connectivity index (χ1v) is 15.7. The van der Waals surface area contributed by atoms with Gasteiger partial charge in [0.2, 0.25) is 11.7 Å². The fourth-order valence-corrected chi connectivity index (χ4v) is 6.24. The molecule has 0 spiro atoms. The van der Waals surface area contributed by atoms with Crippen LogP contribution in [-0.4, -0.2) is 76.2 Å². The maximum absolute atomic E-state index is 13.9. The van der Waals surface area contributed by atoms with E-state index < -0.39 is 11.9 Å². The molecule has 2 fully saturated rings. The van der Waals surface area contributed by atoms with Crippen molar-refractivity contribution < 1.29 is 9.59 Å². The van der Waals surface area contributed by atoms with Gasteiger partial charge < -0.3 is 21.7 Å². The number of nitrogens with one attached hydrogen (secondary N) is 2. The van der Waals surface area contributed by atoms with Crippen LogP contribution in [0.25, 0.3) is 22.5 Å². The first-order valence-electron chi connectivity index (χ1n) is 15.7. The Morgan fingerprint density at radius 1 is 0.935 bits per heavy atom. The predicted molar refractivity (Wildman–Crippen MR) is 180 cm³/mol. The third-order valence-electron chi connectivity index (χ3n) is 8.95. The van der Waals surface area contributed by atoms with Crippen LogP contribution < -0.4 is 26.6 Å². The second-order valence-corrected chi connectivity index (χ2v) is 11.9. The number of pyridine rings is 1. The van der Waals surface area contributed by atoms with Crippen molar-refractivity contribution in [3.05, 3.63) is 72.4 Å². The molecule has 1 atom stereocenters. The summed E-state index contributed by atoms with van der Waals surface area (Å²) in [7, 11) is 0. The number of hydrogen-bond acceptors (Lipinski definition) is 10. The van der Waals surface area contributed by atoms with Gasteiger partial charge in [0.15, 0.2) is 0 Å². The Balaban J connectivity index is 0.00000417. The number of nitrogens with two attached hydrogens (primary N) is 2. The highest BCUT2D eigenvalue weighted by Crippen LogP contribution is 2.32. The van der Waals surface area contributed by atoms with Crippen molar-refractivity contribution >= 4 is 35.7 Å². The molecule has 0 unspecified atom stereocenters. The number of tetrazole rings is 1. The minimum Gasteiger partial charge on any atom is -0.354 e. The predicted octanol–water partition coefficient (Wildman–Crippen LogP) is 2.95. The van der Waals surface area contributed by atoms with Gasteiger partial charge in [0, 0.05) is 43.9 Å². The highest BCUT2D eigenvalue weighted by molar-refractivity contribution is 6.17. The van der Waals surface area contributed by atoms with Crippen LogP contribution in [-0.2, 0) is 16.0 Å². The average Bonchev–Trinajstić information content (AvgIpc) is 3.65. The van der Waals surface area contributed by atoms with Crippen LogP contribution in [0.15, 0.2) is 66.9 Å². The summed E-state index contributed by atoms with van der Waals surface area (Å²) in [5.74, 6) is 0.916. The molecule has 242 valence electrons. The summed E-state index contributed by atoms with van der Waals surface area (Å²) in [6.07, 6.45) is 5.29. The molecular formula is C33H41ClN10O2. The second kappa shape index (κ2) is 15.4. The van der Waals surface area contributed by atoms with E-state index in [-0.39, 0.29) is 24.2 Å². The first-order chi connectivity index (χ1) is 22.0. The van der Waals surface area contributed by atoms with Crippen LogP contribution in [0.3, 0.4) is 0 Å². The van der Waals surface area contributed by atoms with E-state index in [2.05, 4.69) is 41.9 Å². The molecule has 3 heterocycles. The van der Waals surface area contributed by atoms with Crippen molar-refractivity contribution in [2.45, 2.75) is 38.1 Å². The smallest absolute Gasteiger partial charge is 0.251 e. The van der Waals surface area contributed by atoms with E-state index in [4.69, 9.17) is 11.5 Å². The Kier molecular flexibility index (Phi) is 11.1. The Morgan fingerprint density at radius 2 is 1.63 bits per heavy atom. The maximum atomic E-state index is 13.9. The van der Waals surface area contributed by atoms with Crippen molar-refractivity contribution in [3.8, 4) is 22.5 Å². The Hall–Kier alpha value is -4.23. The van der Waals surface area contributed by atoms with Gasteiger partial charge in [0.05, 0.1) is 11.7 Å². The number of H-pyrrole nitrogens is 1. The number of nitrogens with zero attached hydrogens (tertiary/aromatic N) is 6. The monoisotopic (exact) mass is 644 g/mol. The van der Waals surface area contributed by atoms with Gasteiger partial charge in [-0.1, -0.05) is 24.3 Å². The van der Waals surface area contributed by atoms with Gasteiger partial charge in [-0.05, 0) is 103 Å². The molecule has 2 aromatic heterocycles. The van der Waals surface area contributed by atoms with E-state index >= 15 is 0 Å². The number of carbonyl (C=O) groups excluding carboxylic acids is 2. The van der Waals surface area contributed by atoms with Crippen molar-refractivity contribution in [1.29, 1.82) is 0 Å². The molecule has 13 heteroatoms. The van der Waals surface area contributed by atoms with Crippen LogP contribution in [0, 0.1) is 11.8 Å². The molecule has 2 amide bonds. The largest absolute Gasteiger partial charge is 0.354 e. The summed E-state index contributed by atoms with van der Waals surface area (Å²) in [5, 5.41) is 17.4. The zero-order valence-corrected chi connectivity index (χ0v) is 26.5. The Labute approximate surface area is 274 Å². The molecule has 4 aromatic rings. The number of aromatic nitrogens is 5. The number of hydrogen-bond donors (Lipinski definition) is 4. The fraction of sp³-hybridized carbons (Fsp3) is 0.394. The zero-order valence-electron chi connectivity index (χ0n) is 25.7. The minimum atomic E-state index is -0.905. The molecule has 6 rings (SSSR count). The van der Waals surface area contributed by atoms with Gasteiger partial charge in [0.25, 0.3) is 5.91 Å². The Bertz CT molecular complexity index is 1570. The molecule has 2 aromatic carbocycles. The summed E-state index contributed by atoms with van der Waals surface area (Å²) in [4.78, 5) is 36.0. The van der Waals surface area contributed by atoms with Crippen LogP contribution in [0.2, 0.25) is 0 Å². The average molecular weight is 645 g/mol. The normalized spacial score (nSPS) is 18.8. The molecule has 12 nitrogen and oxygen atoms in total. The molecule has 46 heavy (non-hydrogen) atoms. The lowest BCUT2D eigenvalue weighted by molar-refractivity contribution is -0.130. The summed E-state index contributed by atoms with van der Waals surface area (Å²) in [6.45, 7) is 4.37. The van der Waals surface area contributed by atoms with E-state index in [1.165, 1.54) is 4.90 Å². The van der Waals surface area contributed by atoms with Gasteiger partial charge in [0.1, 0.15) is 5.82 Å². The summed E-state index contributed by atoms with van der Waals surface area (Å²) in [6, 6.07) is 18.3. The van der Waals surface area contributed by atoms with Crippen molar-refractivity contribution in [3.63, 3.8) is 0 Å². The number of halogens is 1. The number of rotatable bonds is 9. The topological polar surface area (TPSA) is 172 Å². The van der Waals surface area contributed by atoms with Crippen molar-refractivity contribution in [1.82, 2.24) is 30.9 Å². The van der Waals surface area contributed by atoms with Gasteiger partial charge in [-0.2, -0.15) is 5.21 Å². The lowest BCUT2D eigenvalue weighted by Crippen LogP contribution is -2.50. The lowest BCUT2D eigenvalue weighted by Gasteiger charge is -2.32. The van der Waals surface area contributed by atoms with E-state index in [1.54, 1.807) is 24.3 Å². The standard InChI is InChI=1S/C33H40N10O2.ClH/c34-21-23-3-7-26(8-4-23)32(44)43(28-11-9-25(10-12-28)31-38-40-41-39-31)33(45)29(35)19-22-1-5-24(6-2-22)27-13-14-37-30(20-27)42-17-15-36-16-18-42;/h1-2,5-6,9-14,20,23,26,29,36H,3-4,7-8,15-19,21,34-35H2,(H,38,39,40,41);1H/t23-,26-,29-;/m0./s1. The van der Waals surface area contributed by atoms with Gasteiger partial charge in [-0.15, -0.1) is 22.6 Å². The number of imide groups is 1. The van der Waals surface area contributed by atoms with Crippen LogP contribution in [0.5, 0.6) is 0 Å². The summed E-state index contributed by atoms with van der Waals surface area (Å²) < 4.78 is 0. The summed E-state index contributed by atoms with van der Waals surface area (Å²) >= 11 is 0. The third-order valence-corrected chi connectivity index (χ3v) is 8.95. The van der Waals surface area contributed by atoms with E-state index in [0.717, 1.165) is 67.1 Å². The number of benzene rings is 2. The number of amides is 2. The van der Waals surface area contributed by atoms with Gasteiger partial charge in [-0.3, -0.25) is 9.59 Å². The van der Waals surface area contributed by atoms with Gasteiger partial charge >= 0.3 is 0 Å². The van der Waals surface area contributed by atoms with Crippen LogP contribution in [0.1, 0.15) is 31.2 Å². The van der Waals surface area contributed by atoms with E-state index in [0.29, 0.717) is 43.2 Å². The molecule has 0 bridgehead atoms. The Morgan fingerprint density at radius 3 is 2.28 bits per heavy atom. The molecule has 1 aliphatic carbocycles. The summed E-state index contributed by atoms with van der Waals surface area (Å²) in [5.41, 5.74) is 16.7. The number of aromatic amines is 1. The van der Waals surface area contributed by atoms with Gasteiger partial charge in [-0.25, -0.2) is 9.88 Å². The number of anilines is 2. The molecule has 2 aliphatic rings. The number of carbonyl (C=O) groups is 2.